The lowest BCUT2D eigenvalue weighted by molar-refractivity contribution is -0.137. The number of rotatable bonds is 8. The summed E-state index contributed by atoms with van der Waals surface area (Å²) in [5.74, 6) is -0.151. The Morgan fingerprint density at radius 1 is 1.21 bits per heavy atom. The van der Waals surface area contributed by atoms with Crippen LogP contribution >= 0.6 is 27.7 Å². The predicted molar refractivity (Wildman–Crippen MR) is 79.4 cm³/mol. The smallest absolute Gasteiger partial charge is 0.303 e. The molecule has 104 valence electrons. The van der Waals surface area contributed by atoms with Gasteiger partial charge in [0.25, 0.3) is 0 Å². The van der Waals surface area contributed by atoms with Crippen LogP contribution in [0.15, 0.2) is 33.6 Å². The number of hydrogen-bond donors (Lipinski definition) is 2. The van der Waals surface area contributed by atoms with E-state index in [1.807, 2.05) is 24.3 Å². The summed E-state index contributed by atoms with van der Waals surface area (Å²) in [5.41, 5.74) is 0. The highest BCUT2D eigenvalue weighted by Gasteiger charge is 2.02. The van der Waals surface area contributed by atoms with Crippen molar-refractivity contribution in [1.82, 2.24) is 5.32 Å². The molecule has 0 heterocycles. The van der Waals surface area contributed by atoms with Crippen LogP contribution in [-0.2, 0) is 9.59 Å². The van der Waals surface area contributed by atoms with Gasteiger partial charge >= 0.3 is 5.97 Å². The Balaban J connectivity index is 2.10. The number of nitrogens with one attached hydrogen (secondary N) is 1. The first kappa shape index (κ1) is 16.0. The van der Waals surface area contributed by atoms with Gasteiger partial charge in [-0.2, -0.15) is 0 Å². The average Bonchev–Trinajstić information content (AvgIpc) is 2.37. The van der Waals surface area contributed by atoms with Crippen LogP contribution in [0.4, 0.5) is 0 Å². The van der Waals surface area contributed by atoms with Crippen molar-refractivity contribution in [3.63, 3.8) is 0 Å². The molecule has 1 aromatic carbocycles. The Morgan fingerprint density at radius 2 is 1.89 bits per heavy atom. The Labute approximate surface area is 125 Å². The number of aliphatic carboxylic acids is 1. The molecule has 0 spiro atoms. The SMILES string of the molecule is O=C(O)CCCNC(=O)CCSc1ccc(Br)cc1. The summed E-state index contributed by atoms with van der Waals surface area (Å²) >= 11 is 4.99. The number of halogens is 1. The third-order valence-electron chi connectivity index (χ3n) is 2.30. The number of carboxylic acid groups (broad SMARTS) is 1. The van der Waals surface area contributed by atoms with Gasteiger partial charge in [-0.05, 0) is 30.7 Å². The summed E-state index contributed by atoms with van der Waals surface area (Å²) < 4.78 is 1.04. The highest BCUT2D eigenvalue weighted by atomic mass is 79.9. The van der Waals surface area contributed by atoms with Crippen molar-refractivity contribution in [3.8, 4) is 0 Å². The van der Waals surface area contributed by atoms with Crippen molar-refractivity contribution >= 4 is 39.6 Å². The van der Waals surface area contributed by atoms with Crippen LogP contribution in [0.3, 0.4) is 0 Å². The lowest BCUT2D eigenvalue weighted by atomic mass is 10.3. The van der Waals surface area contributed by atoms with Gasteiger partial charge < -0.3 is 10.4 Å². The molecule has 0 radical (unpaired) electrons. The van der Waals surface area contributed by atoms with Crippen LogP contribution in [0, 0.1) is 0 Å². The van der Waals surface area contributed by atoms with Crippen molar-refractivity contribution in [2.75, 3.05) is 12.3 Å². The third-order valence-corrected chi connectivity index (χ3v) is 3.84. The molecular weight excluding hydrogens is 330 g/mol. The number of thioether (sulfide) groups is 1. The Morgan fingerprint density at radius 3 is 2.53 bits per heavy atom. The second-order valence-electron chi connectivity index (χ2n) is 3.90. The Hall–Kier alpha value is -1.01. The first-order chi connectivity index (χ1) is 9.08. The number of amides is 1. The molecule has 0 aliphatic carbocycles. The fourth-order valence-corrected chi connectivity index (χ4v) is 2.46. The molecule has 0 saturated heterocycles. The summed E-state index contributed by atoms with van der Waals surface area (Å²) in [6, 6.07) is 7.93. The van der Waals surface area contributed by atoms with E-state index in [-0.39, 0.29) is 12.3 Å². The monoisotopic (exact) mass is 345 g/mol. The molecule has 2 N–H and O–H groups in total. The van der Waals surface area contributed by atoms with Gasteiger partial charge in [0.15, 0.2) is 0 Å². The lowest BCUT2D eigenvalue weighted by Crippen LogP contribution is -2.25. The van der Waals surface area contributed by atoms with Crippen LogP contribution in [-0.4, -0.2) is 29.3 Å². The molecule has 0 saturated carbocycles. The van der Waals surface area contributed by atoms with Gasteiger partial charge in [0.2, 0.25) is 5.91 Å². The molecule has 0 aliphatic rings. The maximum Gasteiger partial charge on any atom is 0.303 e. The molecule has 0 bridgehead atoms. The summed E-state index contributed by atoms with van der Waals surface area (Å²) in [7, 11) is 0. The molecule has 6 heteroatoms. The van der Waals surface area contributed by atoms with Crippen LogP contribution in [0.1, 0.15) is 19.3 Å². The fourth-order valence-electron chi connectivity index (χ4n) is 1.35. The zero-order chi connectivity index (χ0) is 14.1. The minimum Gasteiger partial charge on any atom is -0.481 e. The molecule has 1 rings (SSSR count). The van der Waals surface area contributed by atoms with E-state index in [0.29, 0.717) is 25.1 Å². The molecule has 0 fully saturated rings. The van der Waals surface area contributed by atoms with Gasteiger partial charge in [0.1, 0.15) is 0 Å². The maximum absolute atomic E-state index is 11.5. The quantitative estimate of drug-likeness (QED) is 0.561. The van der Waals surface area contributed by atoms with E-state index < -0.39 is 5.97 Å². The number of hydrogen-bond acceptors (Lipinski definition) is 3. The topological polar surface area (TPSA) is 66.4 Å². The van der Waals surface area contributed by atoms with E-state index in [1.165, 1.54) is 0 Å². The summed E-state index contributed by atoms with van der Waals surface area (Å²) in [5, 5.41) is 11.2. The van der Waals surface area contributed by atoms with E-state index in [4.69, 9.17) is 5.11 Å². The van der Waals surface area contributed by atoms with Crippen molar-refractivity contribution in [2.45, 2.75) is 24.2 Å². The molecule has 1 amide bonds. The zero-order valence-electron chi connectivity index (χ0n) is 10.4. The molecule has 19 heavy (non-hydrogen) atoms. The van der Waals surface area contributed by atoms with Gasteiger partial charge in [-0.1, -0.05) is 15.9 Å². The van der Waals surface area contributed by atoms with E-state index in [2.05, 4.69) is 21.2 Å². The van der Waals surface area contributed by atoms with E-state index in [1.54, 1.807) is 11.8 Å². The van der Waals surface area contributed by atoms with Crippen molar-refractivity contribution in [1.29, 1.82) is 0 Å². The fraction of sp³-hybridized carbons (Fsp3) is 0.385. The van der Waals surface area contributed by atoms with Crippen LogP contribution in [0.25, 0.3) is 0 Å². The number of benzene rings is 1. The third kappa shape index (κ3) is 7.89. The molecular formula is C13H16BrNO3S. The summed E-state index contributed by atoms with van der Waals surface area (Å²) in [6.07, 6.45) is 1.00. The first-order valence-corrected chi connectivity index (χ1v) is 7.72. The predicted octanol–water partition coefficient (Wildman–Crippen LogP) is 2.91. The normalized spacial score (nSPS) is 10.2. The van der Waals surface area contributed by atoms with Crippen LogP contribution < -0.4 is 5.32 Å². The first-order valence-electron chi connectivity index (χ1n) is 5.95. The largest absolute Gasteiger partial charge is 0.481 e. The van der Waals surface area contributed by atoms with Crippen molar-refractivity contribution in [3.05, 3.63) is 28.7 Å². The maximum atomic E-state index is 11.5. The van der Waals surface area contributed by atoms with Gasteiger partial charge in [-0.25, -0.2) is 0 Å². The van der Waals surface area contributed by atoms with Gasteiger partial charge in [-0.3, -0.25) is 9.59 Å². The average molecular weight is 346 g/mol. The Kier molecular flexibility index (Phi) is 7.59. The number of carboxylic acids is 1. The second-order valence-corrected chi connectivity index (χ2v) is 5.98. The van der Waals surface area contributed by atoms with Gasteiger partial charge in [0, 0.05) is 34.5 Å². The van der Waals surface area contributed by atoms with Gasteiger partial charge in [0.05, 0.1) is 0 Å². The summed E-state index contributed by atoms with van der Waals surface area (Å²) in [4.78, 5) is 22.9. The zero-order valence-corrected chi connectivity index (χ0v) is 12.8. The molecule has 0 aliphatic heterocycles. The minimum atomic E-state index is -0.833. The molecule has 0 aromatic heterocycles. The van der Waals surface area contributed by atoms with Gasteiger partial charge in [-0.15, -0.1) is 11.8 Å². The lowest BCUT2D eigenvalue weighted by Gasteiger charge is -2.04. The van der Waals surface area contributed by atoms with E-state index in [9.17, 15) is 9.59 Å². The highest BCUT2D eigenvalue weighted by Crippen LogP contribution is 2.20. The Bertz CT molecular complexity index is 422. The number of carbonyl (C=O) groups is 2. The highest BCUT2D eigenvalue weighted by molar-refractivity contribution is 9.10. The second kappa shape index (κ2) is 8.98. The molecule has 0 unspecified atom stereocenters. The standard InChI is InChI=1S/C13H16BrNO3S/c14-10-3-5-11(6-4-10)19-9-7-12(16)15-8-1-2-13(17)18/h3-6H,1-2,7-9H2,(H,15,16)(H,17,18). The minimum absolute atomic E-state index is 0.0324. The van der Waals surface area contributed by atoms with Crippen molar-refractivity contribution in [2.24, 2.45) is 0 Å². The summed E-state index contributed by atoms with van der Waals surface area (Å²) in [6.45, 7) is 0.425. The van der Waals surface area contributed by atoms with Crippen LogP contribution in [0.5, 0.6) is 0 Å². The van der Waals surface area contributed by atoms with Crippen molar-refractivity contribution < 1.29 is 14.7 Å². The number of carbonyl (C=O) groups excluding carboxylic acids is 1. The van der Waals surface area contributed by atoms with E-state index in [0.717, 1.165) is 9.37 Å². The molecule has 1 aromatic rings. The van der Waals surface area contributed by atoms with E-state index >= 15 is 0 Å². The molecule has 0 atom stereocenters. The molecule has 4 nitrogen and oxygen atoms in total. The van der Waals surface area contributed by atoms with Crippen LogP contribution in [0.2, 0.25) is 0 Å².